The molecule has 2 unspecified atom stereocenters. The first kappa shape index (κ1) is 15.5. The Balaban J connectivity index is 2.36. The van der Waals surface area contributed by atoms with Crippen LogP contribution in [-0.2, 0) is 10.0 Å². The molecule has 2 rings (SSSR count). The van der Waals surface area contributed by atoms with Crippen molar-refractivity contribution >= 4 is 38.9 Å². The van der Waals surface area contributed by atoms with Crippen LogP contribution in [0.25, 0.3) is 0 Å². The molecule has 0 heterocycles. The molecule has 0 bridgehead atoms. The smallest absolute Gasteiger partial charge is 0.258 e. The molecule has 0 amide bonds. The Morgan fingerprint density at radius 1 is 1.35 bits per heavy atom. The van der Waals surface area contributed by atoms with Crippen LogP contribution in [0.15, 0.2) is 23.1 Å². The lowest BCUT2D eigenvalue weighted by Gasteiger charge is -2.16. The molecule has 1 aliphatic carbocycles. The molecule has 0 aromatic heterocycles. The van der Waals surface area contributed by atoms with Gasteiger partial charge in [0.1, 0.15) is 0 Å². The molecule has 1 saturated carbocycles. The molecule has 110 valence electrons. The summed E-state index contributed by atoms with van der Waals surface area (Å²) in [5.74, 6) is 0. The summed E-state index contributed by atoms with van der Waals surface area (Å²) < 4.78 is 26.9. The van der Waals surface area contributed by atoms with Gasteiger partial charge in [0, 0.05) is 22.5 Å². The molecule has 20 heavy (non-hydrogen) atoms. The predicted molar refractivity (Wildman–Crippen MR) is 75.7 cm³/mol. The van der Waals surface area contributed by atoms with Crippen molar-refractivity contribution in [2.24, 2.45) is 0 Å². The number of nitro groups is 1. The van der Waals surface area contributed by atoms with E-state index in [1.165, 1.54) is 6.07 Å². The number of hydrogen-bond donors (Lipinski definition) is 1. The number of alkyl halides is 1. The zero-order valence-electron chi connectivity index (χ0n) is 10.3. The van der Waals surface area contributed by atoms with Crippen LogP contribution in [-0.4, -0.2) is 24.8 Å². The van der Waals surface area contributed by atoms with Crippen molar-refractivity contribution in [1.82, 2.24) is 4.72 Å². The number of sulfonamides is 1. The number of nitrogens with zero attached hydrogens (tertiary/aromatic N) is 1. The quantitative estimate of drug-likeness (QED) is 0.519. The average molecular weight is 339 g/mol. The van der Waals surface area contributed by atoms with E-state index < -0.39 is 31.6 Å². The predicted octanol–water partition coefficient (Wildman–Crippen LogP) is 2.69. The maximum Gasteiger partial charge on any atom is 0.290 e. The SMILES string of the molecule is O=[N+]([O-])c1cc(Cl)ccc1S(=O)(=O)NC1CCCC1Cl. The third-order valence-corrected chi connectivity index (χ3v) is 5.44. The minimum absolute atomic E-state index is 0.103. The zero-order chi connectivity index (χ0) is 14.9. The number of rotatable bonds is 4. The van der Waals surface area contributed by atoms with Crippen molar-refractivity contribution in [1.29, 1.82) is 0 Å². The standard InChI is InChI=1S/C11H12Cl2N2O4S/c12-7-4-5-11(10(6-7)15(16)17)20(18,19)14-9-3-1-2-8(9)13/h4-6,8-9,14H,1-3H2. The first-order chi connectivity index (χ1) is 9.31. The van der Waals surface area contributed by atoms with Gasteiger partial charge in [0.15, 0.2) is 4.90 Å². The minimum atomic E-state index is -4.00. The highest BCUT2D eigenvalue weighted by molar-refractivity contribution is 7.89. The summed E-state index contributed by atoms with van der Waals surface area (Å²) in [6.45, 7) is 0. The molecule has 0 saturated heterocycles. The average Bonchev–Trinajstić information content (AvgIpc) is 2.74. The van der Waals surface area contributed by atoms with Crippen molar-refractivity contribution in [2.45, 2.75) is 35.6 Å². The highest BCUT2D eigenvalue weighted by atomic mass is 35.5. The Labute approximate surface area is 126 Å². The van der Waals surface area contributed by atoms with E-state index in [4.69, 9.17) is 23.2 Å². The topological polar surface area (TPSA) is 89.3 Å². The van der Waals surface area contributed by atoms with Gasteiger partial charge in [-0.3, -0.25) is 10.1 Å². The van der Waals surface area contributed by atoms with E-state index in [1.807, 2.05) is 0 Å². The van der Waals surface area contributed by atoms with Gasteiger partial charge in [0.2, 0.25) is 10.0 Å². The monoisotopic (exact) mass is 338 g/mol. The van der Waals surface area contributed by atoms with Gasteiger partial charge in [-0.15, -0.1) is 11.6 Å². The summed E-state index contributed by atoms with van der Waals surface area (Å²) in [4.78, 5) is 9.78. The van der Waals surface area contributed by atoms with E-state index in [9.17, 15) is 18.5 Å². The molecule has 0 spiro atoms. The second-order valence-electron chi connectivity index (χ2n) is 4.54. The Morgan fingerprint density at radius 2 is 2.05 bits per heavy atom. The minimum Gasteiger partial charge on any atom is -0.258 e. The molecular formula is C11H12Cl2N2O4S. The van der Waals surface area contributed by atoms with Crippen LogP contribution in [0.4, 0.5) is 5.69 Å². The van der Waals surface area contributed by atoms with E-state index >= 15 is 0 Å². The maximum absolute atomic E-state index is 12.3. The van der Waals surface area contributed by atoms with Crippen LogP contribution < -0.4 is 4.72 Å². The Kier molecular flexibility index (Phi) is 4.53. The van der Waals surface area contributed by atoms with Crippen molar-refractivity contribution in [2.75, 3.05) is 0 Å². The molecule has 9 heteroatoms. The number of nitro benzene ring substituents is 1. The van der Waals surface area contributed by atoms with Crippen molar-refractivity contribution in [3.8, 4) is 0 Å². The van der Waals surface area contributed by atoms with Crippen LogP contribution in [0.1, 0.15) is 19.3 Å². The van der Waals surface area contributed by atoms with E-state index in [2.05, 4.69) is 4.72 Å². The Bertz CT molecular complexity index is 635. The molecule has 1 aliphatic rings. The van der Waals surface area contributed by atoms with Gasteiger partial charge >= 0.3 is 0 Å². The Hall–Kier alpha value is -0.890. The van der Waals surface area contributed by atoms with Gasteiger partial charge in [0.05, 0.1) is 4.92 Å². The number of halogens is 2. The number of nitrogens with one attached hydrogen (secondary N) is 1. The lowest BCUT2D eigenvalue weighted by Crippen LogP contribution is -2.38. The lowest BCUT2D eigenvalue weighted by molar-refractivity contribution is -0.387. The first-order valence-electron chi connectivity index (χ1n) is 5.91. The lowest BCUT2D eigenvalue weighted by atomic mass is 10.3. The molecule has 1 fully saturated rings. The van der Waals surface area contributed by atoms with Crippen LogP contribution in [0.3, 0.4) is 0 Å². The third-order valence-electron chi connectivity index (χ3n) is 3.15. The molecule has 1 aromatic carbocycles. The Morgan fingerprint density at radius 3 is 2.60 bits per heavy atom. The van der Waals surface area contributed by atoms with E-state index in [0.29, 0.717) is 6.42 Å². The van der Waals surface area contributed by atoms with E-state index in [1.54, 1.807) is 0 Å². The summed E-state index contributed by atoms with van der Waals surface area (Å²) >= 11 is 11.7. The molecule has 6 nitrogen and oxygen atoms in total. The van der Waals surface area contributed by atoms with Gasteiger partial charge in [-0.1, -0.05) is 18.0 Å². The van der Waals surface area contributed by atoms with Gasteiger partial charge in [0.25, 0.3) is 5.69 Å². The maximum atomic E-state index is 12.3. The fraction of sp³-hybridized carbons (Fsp3) is 0.455. The van der Waals surface area contributed by atoms with Gasteiger partial charge in [-0.05, 0) is 25.0 Å². The normalized spacial score (nSPS) is 22.9. The number of benzene rings is 1. The largest absolute Gasteiger partial charge is 0.290 e. The zero-order valence-corrected chi connectivity index (χ0v) is 12.6. The highest BCUT2D eigenvalue weighted by Gasteiger charge is 2.33. The summed E-state index contributed by atoms with van der Waals surface area (Å²) in [6, 6.07) is 3.04. The summed E-state index contributed by atoms with van der Waals surface area (Å²) in [7, 11) is -4.00. The second-order valence-corrected chi connectivity index (χ2v) is 7.22. The molecule has 1 N–H and O–H groups in total. The van der Waals surface area contributed by atoms with Crippen molar-refractivity contribution in [3.05, 3.63) is 33.3 Å². The van der Waals surface area contributed by atoms with Crippen LogP contribution in [0, 0.1) is 10.1 Å². The molecule has 0 radical (unpaired) electrons. The summed E-state index contributed by atoms with van der Waals surface area (Å²) in [5.41, 5.74) is -0.547. The first-order valence-corrected chi connectivity index (χ1v) is 8.21. The van der Waals surface area contributed by atoms with Gasteiger partial charge in [-0.2, -0.15) is 0 Å². The van der Waals surface area contributed by atoms with Crippen LogP contribution in [0.5, 0.6) is 0 Å². The van der Waals surface area contributed by atoms with Crippen molar-refractivity contribution in [3.63, 3.8) is 0 Å². The summed E-state index contributed by atoms with van der Waals surface area (Å²) in [6.07, 6.45) is 2.16. The van der Waals surface area contributed by atoms with Crippen LogP contribution >= 0.6 is 23.2 Å². The van der Waals surface area contributed by atoms with Gasteiger partial charge < -0.3 is 0 Å². The van der Waals surface area contributed by atoms with Crippen molar-refractivity contribution < 1.29 is 13.3 Å². The van der Waals surface area contributed by atoms with E-state index in [0.717, 1.165) is 25.0 Å². The fourth-order valence-corrected chi connectivity index (χ4v) is 4.22. The highest BCUT2D eigenvalue weighted by Crippen LogP contribution is 2.30. The summed E-state index contributed by atoms with van der Waals surface area (Å²) in [5, 5.41) is 10.8. The van der Waals surface area contributed by atoms with E-state index in [-0.39, 0.29) is 10.4 Å². The molecule has 2 atom stereocenters. The van der Waals surface area contributed by atoms with Crippen LogP contribution in [0.2, 0.25) is 5.02 Å². The number of hydrogen-bond acceptors (Lipinski definition) is 4. The second kappa shape index (κ2) is 5.85. The fourth-order valence-electron chi connectivity index (χ4n) is 2.17. The molecule has 0 aliphatic heterocycles. The molecular weight excluding hydrogens is 327 g/mol. The third kappa shape index (κ3) is 3.22. The molecule has 1 aromatic rings. The van der Waals surface area contributed by atoms with Gasteiger partial charge in [-0.25, -0.2) is 13.1 Å².